The fourth-order valence-electron chi connectivity index (χ4n) is 11.2. The number of aromatic nitrogens is 1. The molecule has 1 unspecified atom stereocenters. The van der Waals surface area contributed by atoms with Crippen molar-refractivity contribution in [2.75, 3.05) is 4.90 Å². The van der Waals surface area contributed by atoms with Crippen LogP contribution in [0.15, 0.2) is 212 Å². The normalized spacial score (nSPS) is 15.4. The largest absolute Gasteiger partial charge is 0.313 e. The van der Waals surface area contributed by atoms with Crippen LogP contribution in [0.25, 0.3) is 66.8 Å². The van der Waals surface area contributed by atoms with E-state index in [2.05, 4.69) is 228 Å². The van der Waals surface area contributed by atoms with E-state index >= 15 is 0 Å². The van der Waals surface area contributed by atoms with E-state index in [9.17, 15) is 0 Å². The second kappa shape index (κ2) is 13.2. The average molecular weight is 777 g/mol. The van der Waals surface area contributed by atoms with Crippen LogP contribution in [0.5, 0.6) is 0 Å². The van der Waals surface area contributed by atoms with Gasteiger partial charge in [-0.15, -0.1) is 0 Å². The maximum absolute atomic E-state index is 2.52. The van der Waals surface area contributed by atoms with Gasteiger partial charge in [0.25, 0.3) is 0 Å². The van der Waals surface area contributed by atoms with Gasteiger partial charge in [-0.2, -0.15) is 0 Å². The summed E-state index contributed by atoms with van der Waals surface area (Å²) >= 11 is 0. The highest BCUT2D eigenvalue weighted by atomic mass is 15.1. The number of benzene rings is 9. The molecule has 13 rings (SSSR count). The zero-order valence-corrected chi connectivity index (χ0v) is 33.6. The number of hydrogen-bond donors (Lipinski definition) is 0. The minimum atomic E-state index is -0.560. The quantitative estimate of drug-likeness (QED) is 0.169. The lowest BCUT2D eigenvalue weighted by Gasteiger charge is -2.40. The van der Waals surface area contributed by atoms with Gasteiger partial charge < -0.3 is 9.47 Å². The van der Waals surface area contributed by atoms with Gasteiger partial charge in [-0.05, 0) is 128 Å². The third kappa shape index (κ3) is 4.79. The fraction of sp³-hybridized carbons (Fsp3) is 0.0508. The van der Waals surface area contributed by atoms with Crippen molar-refractivity contribution in [3.8, 4) is 39.1 Å². The van der Waals surface area contributed by atoms with Crippen LogP contribution in [0.1, 0.15) is 39.9 Å². The highest BCUT2D eigenvalue weighted by Gasteiger charge is 2.51. The van der Waals surface area contributed by atoms with Gasteiger partial charge in [0.1, 0.15) is 0 Å². The molecule has 1 atom stereocenters. The Kier molecular flexibility index (Phi) is 7.38. The molecule has 0 fully saturated rings. The van der Waals surface area contributed by atoms with Gasteiger partial charge in [-0.3, -0.25) is 0 Å². The number of fused-ring (bicyclic) bond motifs is 12. The lowest BCUT2D eigenvalue weighted by atomic mass is 9.61. The smallest absolute Gasteiger partial charge is 0.0726 e. The predicted octanol–water partition coefficient (Wildman–Crippen LogP) is 15.2. The first-order chi connectivity index (χ1) is 30.3. The molecule has 0 saturated heterocycles. The Bertz CT molecular complexity index is 3410. The fourth-order valence-corrected chi connectivity index (χ4v) is 11.2. The van der Waals surface area contributed by atoms with Gasteiger partial charge in [0.05, 0.1) is 10.9 Å². The lowest BCUT2D eigenvalue weighted by Crippen LogP contribution is -2.32. The molecule has 1 aromatic heterocycles. The monoisotopic (exact) mass is 776 g/mol. The molecule has 0 saturated carbocycles. The van der Waals surface area contributed by atoms with Crippen LogP contribution in [-0.4, -0.2) is 4.57 Å². The summed E-state index contributed by atoms with van der Waals surface area (Å²) in [4.78, 5) is 2.47. The molecule has 3 aliphatic rings. The summed E-state index contributed by atoms with van der Waals surface area (Å²) in [6, 6.07) is 77.0. The number of allylic oxidation sites excluding steroid dienone is 1. The Morgan fingerprint density at radius 2 is 1.11 bits per heavy atom. The molecule has 286 valence electrons. The van der Waals surface area contributed by atoms with Crippen molar-refractivity contribution in [3.63, 3.8) is 0 Å². The molecule has 0 radical (unpaired) electrons. The van der Waals surface area contributed by atoms with Crippen molar-refractivity contribution in [1.29, 1.82) is 0 Å². The lowest BCUT2D eigenvalue weighted by molar-refractivity contribution is 0.773. The minimum absolute atomic E-state index is 0.560. The van der Waals surface area contributed by atoms with Gasteiger partial charge >= 0.3 is 0 Å². The van der Waals surface area contributed by atoms with Crippen LogP contribution in [-0.2, 0) is 11.8 Å². The molecule has 0 aliphatic heterocycles. The first kappa shape index (κ1) is 34.2. The van der Waals surface area contributed by atoms with Crippen LogP contribution in [0.3, 0.4) is 0 Å². The molecule has 3 aliphatic carbocycles. The standard InChI is InChI=1S/C59H40N2/c1-4-17-39(18-5-1)45-27-16-31-53-58(45)50-36-34-43(37-54(50)59(53)51-29-12-10-25-46(51)49-28-14-19-40-20-15-30-52(59)57(40)49)60(41-21-6-2-7-22-41)44-33-35-48-47-26-11-13-32-55(47)61(56(48)38-44)42-23-8-3-9-24-42/h1-12,14-31,33-38H,13,32H2. The predicted molar refractivity (Wildman–Crippen MR) is 255 cm³/mol. The molecule has 0 amide bonds. The molecular weight excluding hydrogens is 737 g/mol. The average Bonchev–Trinajstić information content (AvgIpc) is 3.82. The van der Waals surface area contributed by atoms with Crippen LogP contribution < -0.4 is 4.90 Å². The molecule has 2 nitrogen and oxygen atoms in total. The number of hydrogen-bond acceptors (Lipinski definition) is 1. The molecule has 9 aromatic carbocycles. The maximum Gasteiger partial charge on any atom is 0.0726 e. The Morgan fingerprint density at radius 3 is 1.97 bits per heavy atom. The highest BCUT2D eigenvalue weighted by molar-refractivity contribution is 6.08. The molecule has 1 heterocycles. The molecule has 0 bridgehead atoms. The van der Waals surface area contributed by atoms with E-state index in [4.69, 9.17) is 0 Å². The van der Waals surface area contributed by atoms with Crippen LogP contribution in [0, 0.1) is 0 Å². The van der Waals surface area contributed by atoms with E-state index in [0.717, 1.165) is 29.9 Å². The SMILES string of the molecule is C1=Cc2c(n(-c3ccccc3)c3cc(N(c4ccccc4)c4ccc5c(c4)C4(c6ccccc6-c6cccc7cccc4c67)c4cccc(-c6ccccc6)c4-5)ccc23)CC1. The minimum Gasteiger partial charge on any atom is -0.313 e. The molecule has 2 heteroatoms. The van der Waals surface area contributed by atoms with Crippen LogP contribution in [0.2, 0.25) is 0 Å². The number of anilines is 3. The zero-order chi connectivity index (χ0) is 40.1. The van der Waals surface area contributed by atoms with Gasteiger partial charge in [0.2, 0.25) is 0 Å². The van der Waals surface area contributed by atoms with E-state index in [-0.39, 0.29) is 0 Å². The Labute approximate surface area is 355 Å². The summed E-state index contributed by atoms with van der Waals surface area (Å²) < 4.78 is 2.50. The van der Waals surface area contributed by atoms with E-state index in [0.29, 0.717) is 0 Å². The van der Waals surface area contributed by atoms with Crippen LogP contribution >= 0.6 is 0 Å². The van der Waals surface area contributed by atoms with Gasteiger partial charge in [0, 0.05) is 39.4 Å². The maximum atomic E-state index is 2.52. The van der Waals surface area contributed by atoms with Crippen molar-refractivity contribution >= 4 is 44.8 Å². The van der Waals surface area contributed by atoms with Crippen molar-refractivity contribution < 1.29 is 0 Å². The van der Waals surface area contributed by atoms with Crippen molar-refractivity contribution in [3.05, 3.63) is 246 Å². The molecule has 0 N–H and O–H groups in total. The third-order valence-corrected chi connectivity index (χ3v) is 13.6. The Morgan fingerprint density at radius 1 is 0.459 bits per heavy atom. The van der Waals surface area contributed by atoms with Crippen molar-refractivity contribution in [2.45, 2.75) is 18.3 Å². The van der Waals surface area contributed by atoms with E-state index in [1.54, 1.807) is 0 Å². The molecule has 61 heavy (non-hydrogen) atoms. The van der Waals surface area contributed by atoms with Gasteiger partial charge in [-0.25, -0.2) is 0 Å². The zero-order valence-electron chi connectivity index (χ0n) is 33.6. The van der Waals surface area contributed by atoms with Gasteiger partial charge in [-0.1, -0.05) is 170 Å². The number of nitrogens with zero attached hydrogens (tertiary/aromatic N) is 2. The number of para-hydroxylation sites is 2. The van der Waals surface area contributed by atoms with E-state index in [1.807, 2.05) is 0 Å². The summed E-state index contributed by atoms with van der Waals surface area (Å²) in [6.45, 7) is 0. The van der Waals surface area contributed by atoms with E-state index < -0.39 is 5.41 Å². The molecule has 10 aromatic rings. The van der Waals surface area contributed by atoms with Gasteiger partial charge in [0.15, 0.2) is 0 Å². The number of rotatable bonds is 5. The van der Waals surface area contributed by atoms with E-state index in [1.165, 1.54) is 94.3 Å². The summed E-state index contributed by atoms with van der Waals surface area (Å²) in [5, 5.41) is 3.89. The van der Waals surface area contributed by atoms with Crippen molar-refractivity contribution in [2.24, 2.45) is 0 Å². The second-order valence-corrected chi connectivity index (χ2v) is 16.7. The summed E-state index contributed by atoms with van der Waals surface area (Å²) in [5.41, 5.74) is 21.0. The Balaban J connectivity index is 1.12. The summed E-state index contributed by atoms with van der Waals surface area (Å²) in [6.07, 6.45) is 6.72. The van der Waals surface area contributed by atoms with Crippen molar-refractivity contribution in [1.82, 2.24) is 4.57 Å². The molecule has 1 spiro atoms. The molecular formula is C59H40N2. The highest BCUT2D eigenvalue weighted by Crippen LogP contribution is 2.64. The first-order valence-electron chi connectivity index (χ1n) is 21.5. The summed E-state index contributed by atoms with van der Waals surface area (Å²) in [5.74, 6) is 0. The summed E-state index contributed by atoms with van der Waals surface area (Å²) in [7, 11) is 0. The first-order valence-corrected chi connectivity index (χ1v) is 21.5. The van der Waals surface area contributed by atoms with Crippen LogP contribution in [0.4, 0.5) is 17.1 Å². The Hall–Kier alpha value is -7.68. The third-order valence-electron chi connectivity index (χ3n) is 13.6. The second-order valence-electron chi connectivity index (χ2n) is 16.7. The topological polar surface area (TPSA) is 8.17 Å².